The van der Waals surface area contributed by atoms with Gasteiger partial charge in [0.15, 0.2) is 0 Å². The number of thiophene rings is 1. The van der Waals surface area contributed by atoms with E-state index < -0.39 is 0 Å². The van der Waals surface area contributed by atoms with Crippen molar-refractivity contribution in [2.75, 3.05) is 11.1 Å². The second-order valence-electron chi connectivity index (χ2n) is 5.27. The number of carbonyl (C=O) groups is 1. The number of hydrogen-bond donors (Lipinski definition) is 2. The Morgan fingerprint density at radius 3 is 3.00 bits per heavy atom. The minimum atomic E-state index is -0.227. The standard InChI is InChI=1S/C16H15N5OS/c1-9-10(2)23-16(13(9)6-17)20-15(22)8-21-14-5-12(18)4-3-11(14)7-19-21/h3-5,7H,8,18H2,1-2H3,(H,20,22). The van der Waals surface area contributed by atoms with E-state index >= 15 is 0 Å². The van der Waals surface area contributed by atoms with E-state index in [1.165, 1.54) is 11.3 Å². The van der Waals surface area contributed by atoms with Crippen LogP contribution < -0.4 is 11.1 Å². The minimum Gasteiger partial charge on any atom is -0.399 e. The number of benzene rings is 1. The van der Waals surface area contributed by atoms with Crippen LogP contribution in [0.15, 0.2) is 24.4 Å². The lowest BCUT2D eigenvalue weighted by Gasteiger charge is -2.05. The second-order valence-corrected chi connectivity index (χ2v) is 6.49. The first-order valence-corrected chi connectivity index (χ1v) is 7.82. The van der Waals surface area contributed by atoms with Crippen LogP contribution in [-0.2, 0) is 11.3 Å². The molecule has 1 aromatic carbocycles. The smallest absolute Gasteiger partial charge is 0.246 e. The highest BCUT2D eigenvalue weighted by atomic mass is 32.1. The van der Waals surface area contributed by atoms with E-state index in [9.17, 15) is 10.1 Å². The summed E-state index contributed by atoms with van der Waals surface area (Å²) in [6.07, 6.45) is 1.70. The van der Waals surface area contributed by atoms with Gasteiger partial charge in [0.25, 0.3) is 0 Å². The molecule has 0 spiro atoms. The Labute approximate surface area is 137 Å². The third kappa shape index (κ3) is 2.76. The van der Waals surface area contributed by atoms with Crippen LogP contribution in [0.1, 0.15) is 16.0 Å². The number of nitrogens with two attached hydrogens (primary N) is 1. The van der Waals surface area contributed by atoms with Crippen LogP contribution in [0.25, 0.3) is 10.9 Å². The number of aromatic nitrogens is 2. The average molecular weight is 325 g/mol. The summed E-state index contributed by atoms with van der Waals surface area (Å²) in [7, 11) is 0. The van der Waals surface area contributed by atoms with Gasteiger partial charge in [-0.3, -0.25) is 9.48 Å². The molecule has 2 heterocycles. The van der Waals surface area contributed by atoms with E-state index in [1.54, 1.807) is 23.0 Å². The minimum absolute atomic E-state index is 0.0633. The number of nitrogens with one attached hydrogen (secondary N) is 1. The van der Waals surface area contributed by atoms with Crippen LogP contribution in [0.2, 0.25) is 0 Å². The molecule has 7 heteroatoms. The normalized spacial score (nSPS) is 10.7. The molecule has 0 bridgehead atoms. The van der Waals surface area contributed by atoms with Gasteiger partial charge in [-0.1, -0.05) is 0 Å². The molecule has 0 saturated heterocycles. The molecular formula is C16H15N5OS. The Bertz CT molecular complexity index is 947. The summed E-state index contributed by atoms with van der Waals surface area (Å²) in [5, 5.41) is 17.8. The number of fused-ring (bicyclic) bond motifs is 1. The van der Waals surface area contributed by atoms with Crippen molar-refractivity contribution in [2.45, 2.75) is 20.4 Å². The van der Waals surface area contributed by atoms with Crippen molar-refractivity contribution >= 4 is 38.8 Å². The topological polar surface area (TPSA) is 96.7 Å². The molecule has 116 valence electrons. The molecule has 0 saturated carbocycles. The Hall–Kier alpha value is -2.85. The Morgan fingerprint density at radius 1 is 1.48 bits per heavy atom. The number of nitriles is 1. The van der Waals surface area contributed by atoms with Crippen LogP contribution in [0, 0.1) is 25.2 Å². The van der Waals surface area contributed by atoms with Gasteiger partial charge in [-0.25, -0.2) is 0 Å². The summed E-state index contributed by atoms with van der Waals surface area (Å²) in [4.78, 5) is 13.3. The lowest BCUT2D eigenvalue weighted by molar-refractivity contribution is -0.116. The number of hydrogen-bond acceptors (Lipinski definition) is 5. The van der Waals surface area contributed by atoms with Crippen LogP contribution in [0.3, 0.4) is 0 Å². The fraction of sp³-hybridized carbons (Fsp3) is 0.188. The summed E-state index contributed by atoms with van der Waals surface area (Å²) >= 11 is 1.41. The van der Waals surface area contributed by atoms with Crippen molar-refractivity contribution in [1.29, 1.82) is 5.26 Å². The van der Waals surface area contributed by atoms with E-state index in [2.05, 4.69) is 16.5 Å². The predicted molar refractivity (Wildman–Crippen MR) is 91.3 cm³/mol. The molecule has 3 aromatic rings. The molecule has 3 N–H and O–H groups in total. The molecule has 0 aliphatic rings. The Kier molecular flexibility index (Phi) is 3.76. The van der Waals surface area contributed by atoms with Crippen LogP contribution in [0.4, 0.5) is 10.7 Å². The summed E-state index contributed by atoms with van der Waals surface area (Å²) in [6.45, 7) is 3.87. The van der Waals surface area contributed by atoms with Crippen molar-refractivity contribution in [3.8, 4) is 6.07 Å². The van der Waals surface area contributed by atoms with Crippen LogP contribution >= 0.6 is 11.3 Å². The zero-order valence-corrected chi connectivity index (χ0v) is 13.6. The molecule has 0 fully saturated rings. The maximum Gasteiger partial charge on any atom is 0.246 e. The highest BCUT2D eigenvalue weighted by Crippen LogP contribution is 2.31. The van der Waals surface area contributed by atoms with Crippen molar-refractivity contribution in [3.05, 3.63) is 40.4 Å². The first kappa shape index (κ1) is 15.1. The van der Waals surface area contributed by atoms with Gasteiger partial charge < -0.3 is 11.1 Å². The van der Waals surface area contributed by atoms with Gasteiger partial charge in [-0.2, -0.15) is 10.4 Å². The van der Waals surface area contributed by atoms with Crippen molar-refractivity contribution < 1.29 is 4.79 Å². The quantitative estimate of drug-likeness (QED) is 0.724. The first-order valence-electron chi connectivity index (χ1n) is 7.00. The van der Waals surface area contributed by atoms with Crippen LogP contribution in [-0.4, -0.2) is 15.7 Å². The lowest BCUT2D eigenvalue weighted by Crippen LogP contribution is -2.19. The third-order valence-corrected chi connectivity index (χ3v) is 4.83. The molecule has 6 nitrogen and oxygen atoms in total. The number of amides is 1. The largest absolute Gasteiger partial charge is 0.399 e. The molecule has 2 aromatic heterocycles. The number of nitrogen functional groups attached to an aromatic ring is 1. The van der Waals surface area contributed by atoms with Gasteiger partial charge >= 0.3 is 0 Å². The van der Waals surface area contributed by atoms with Gasteiger partial charge in [-0.05, 0) is 37.6 Å². The van der Waals surface area contributed by atoms with Gasteiger partial charge in [0.2, 0.25) is 5.91 Å². The van der Waals surface area contributed by atoms with Gasteiger partial charge in [0, 0.05) is 16.0 Å². The fourth-order valence-electron chi connectivity index (χ4n) is 2.37. The summed E-state index contributed by atoms with van der Waals surface area (Å²) in [5.74, 6) is -0.227. The Morgan fingerprint density at radius 2 is 2.26 bits per heavy atom. The van der Waals surface area contributed by atoms with Gasteiger partial charge in [-0.15, -0.1) is 11.3 Å². The molecule has 1 amide bonds. The predicted octanol–water partition coefficient (Wildman–Crippen LogP) is 2.81. The maximum absolute atomic E-state index is 12.3. The molecule has 0 aliphatic carbocycles. The zero-order valence-electron chi connectivity index (χ0n) is 12.8. The van der Waals surface area contributed by atoms with Crippen molar-refractivity contribution in [3.63, 3.8) is 0 Å². The average Bonchev–Trinajstić information content (AvgIpc) is 3.01. The van der Waals surface area contributed by atoms with Gasteiger partial charge in [0.1, 0.15) is 17.6 Å². The number of nitrogens with zero attached hydrogens (tertiary/aromatic N) is 3. The summed E-state index contributed by atoms with van der Waals surface area (Å²) in [5.41, 5.74) is 8.64. The number of anilines is 2. The number of aryl methyl sites for hydroxylation is 1. The third-order valence-electron chi connectivity index (χ3n) is 3.71. The maximum atomic E-state index is 12.3. The highest BCUT2D eigenvalue weighted by Gasteiger charge is 2.15. The summed E-state index contributed by atoms with van der Waals surface area (Å²) in [6, 6.07) is 7.59. The first-order chi connectivity index (χ1) is 11.0. The zero-order chi connectivity index (χ0) is 16.6. The molecule has 23 heavy (non-hydrogen) atoms. The van der Waals surface area contributed by atoms with Crippen molar-refractivity contribution in [1.82, 2.24) is 9.78 Å². The van der Waals surface area contributed by atoms with E-state index in [4.69, 9.17) is 5.73 Å². The number of carbonyl (C=O) groups excluding carboxylic acids is 1. The molecule has 0 atom stereocenters. The molecule has 0 radical (unpaired) electrons. The molecular weight excluding hydrogens is 310 g/mol. The van der Waals surface area contributed by atoms with E-state index in [-0.39, 0.29) is 12.5 Å². The van der Waals surface area contributed by atoms with Crippen molar-refractivity contribution in [2.24, 2.45) is 0 Å². The fourth-order valence-corrected chi connectivity index (χ4v) is 3.39. The SMILES string of the molecule is Cc1sc(NC(=O)Cn2ncc3ccc(N)cc32)c(C#N)c1C. The highest BCUT2D eigenvalue weighted by molar-refractivity contribution is 7.16. The monoisotopic (exact) mass is 325 g/mol. The van der Waals surface area contributed by atoms with Crippen LogP contribution in [0.5, 0.6) is 0 Å². The number of rotatable bonds is 3. The summed E-state index contributed by atoms with van der Waals surface area (Å²) < 4.78 is 1.60. The Balaban J connectivity index is 1.83. The van der Waals surface area contributed by atoms with E-state index in [0.29, 0.717) is 16.3 Å². The van der Waals surface area contributed by atoms with Gasteiger partial charge in [0.05, 0.1) is 17.3 Å². The molecule has 0 aliphatic heterocycles. The van der Waals surface area contributed by atoms with E-state index in [0.717, 1.165) is 21.3 Å². The lowest BCUT2D eigenvalue weighted by atomic mass is 10.2. The molecule has 0 unspecified atom stereocenters. The molecule has 3 rings (SSSR count). The second kappa shape index (κ2) is 5.74. The van der Waals surface area contributed by atoms with E-state index in [1.807, 2.05) is 19.9 Å².